The maximum absolute atomic E-state index is 12.4. The Labute approximate surface area is 170 Å². The molecule has 0 aliphatic heterocycles. The molecule has 0 saturated heterocycles. The van der Waals surface area contributed by atoms with Crippen LogP contribution >= 0.6 is 23.1 Å². The number of carbonyl (C=O) groups excluding carboxylic acids is 1. The average Bonchev–Trinajstić information content (AvgIpc) is 3.29. The fraction of sp³-hybridized carbons (Fsp3) is 0.105. The number of anilines is 1. The summed E-state index contributed by atoms with van der Waals surface area (Å²) in [5, 5.41) is 12.2. The second-order valence-electron chi connectivity index (χ2n) is 6.16. The van der Waals surface area contributed by atoms with E-state index in [1.807, 2.05) is 44.2 Å². The van der Waals surface area contributed by atoms with Gasteiger partial charge in [-0.3, -0.25) is 10.1 Å². The Morgan fingerprint density at radius 1 is 1.14 bits per heavy atom. The molecule has 9 heteroatoms. The van der Waals surface area contributed by atoms with Gasteiger partial charge in [0.1, 0.15) is 0 Å². The first-order chi connectivity index (χ1) is 13.5. The molecule has 2 aromatic carbocycles. The van der Waals surface area contributed by atoms with E-state index in [1.165, 1.54) is 0 Å². The van der Waals surface area contributed by atoms with Crippen molar-refractivity contribution in [2.75, 3.05) is 5.32 Å². The first-order valence-electron chi connectivity index (χ1n) is 8.41. The van der Waals surface area contributed by atoms with E-state index in [4.69, 9.17) is 11.6 Å². The molecule has 0 atom stereocenters. The summed E-state index contributed by atoms with van der Waals surface area (Å²) in [5.74, 6) is 0.190. The molecule has 2 heterocycles. The highest BCUT2D eigenvalue weighted by Crippen LogP contribution is 2.24. The molecule has 2 aromatic heterocycles. The lowest BCUT2D eigenvalue weighted by Gasteiger charge is -2.03. The van der Waals surface area contributed by atoms with E-state index in [0.29, 0.717) is 27.2 Å². The van der Waals surface area contributed by atoms with Crippen LogP contribution in [0.2, 0.25) is 5.02 Å². The third kappa shape index (κ3) is 3.64. The number of amides is 1. The minimum absolute atomic E-state index is 0.229. The Morgan fingerprint density at radius 2 is 1.93 bits per heavy atom. The molecule has 0 bridgehead atoms. The number of aromatic nitrogens is 5. The summed E-state index contributed by atoms with van der Waals surface area (Å²) in [7, 11) is 0. The predicted octanol–water partition coefficient (Wildman–Crippen LogP) is 4.31. The standard InChI is InChI=1S/C19H15ClN6OS/c1-11-4-3-5-13(10-11)18(27)22-19-21-17(24-28-19)16-12(2)26(25-23-16)15-8-6-14(20)7-9-15/h3-10H,1-2H3,(H,21,22,24,27). The van der Waals surface area contributed by atoms with E-state index in [9.17, 15) is 4.79 Å². The summed E-state index contributed by atoms with van der Waals surface area (Å²) in [6, 6.07) is 14.6. The van der Waals surface area contributed by atoms with Crippen molar-refractivity contribution in [1.82, 2.24) is 24.4 Å². The topological polar surface area (TPSA) is 85.6 Å². The molecular formula is C19H15ClN6OS. The van der Waals surface area contributed by atoms with Crippen molar-refractivity contribution in [3.05, 3.63) is 70.4 Å². The van der Waals surface area contributed by atoms with E-state index < -0.39 is 0 Å². The van der Waals surface area contributed by atoms with Gasteiger partial charge in [-0.05, 0) is 50.2 Å². The van der Waals surface area contributed by atoms with E-state index >= 15 is 0 Å². The van der Waals surface area contributed by atoms with Crippen molar-refractivity contribution < 1.29 is 4.79 Å². The second kappa shape index (κ2) is 7.49. The minimum atomic E-state index is -0.229. The molecule has 0 aliphatic carbocycles. The molecule has 1 N–H and O–H groups in total. The third-order valence-electron chi connectivity index (χ3n) is 4.10. The molecule has 28 heavy (non-hydrogen) atoms. The lowest BCUT2D eigenvalue weighted by molar-refractivity contribution is 0.102. The number of rotatable bonds is 4. The van der Waals surface area contributed by atoms with Crippen molar-refractivity contribution in [3.8, 4) is 17.2 Å². The van der Waals surface area contributed by atoms with Crippen LogP contribution in [0.4, 0.5) is 5.13 Å². The highest BCUT2D eigenvalue weighted by Gasteiger charge is 2.18. The van der Waals surface area contributed by atoms with Crippen LogP contribution in [0.25, 0.3) is 17.2 Å². The molecule has 0 spiro atoms. The van der Waals surface area contributed by atoms with E-state index in [0.717, 1.165) is 28.5 Å². The minimum Gasteiger partial charge on any atom is -0.297 e. The predicted molar refractivity (Wildman–Crippen MR) is 109 cm³/mol. The van der Waals surface area contributed by atoms with Gasteiger partial charge in [0.2, 0.25) is 5.13 Å². The van der Waals surface area contributed by atoms with Crippen LogP contribution in [0.15, 0.2) is 48.5 Å². The van der Waals surface area contributed by atoms with Crippen molar-refractivity contribution >= 4 is 34.2 Å². The van der Waals surface area contributed by atoms with Gasteiger partial charge >= 0.3 is 0 Å². The SMILES string of the molecule is Cc1cccc(C(=O)Nc2nc(-c3nnn(-c4ccc(Cl)cc4)c3C)ns2)c1. The van der Waals surface area contributed by atoms with E-state index in [-0.39, 0.29) is 5.91 Å². The molecule has 0 radical (unpaired) electrons. The van der Waals surface area contributed by atoms with Crippen LogP contribution in [0.3, 0.4) is 0 Å². The maximum atomic E-state index is 12.4. The van der Waals surface area contributed by atoms with Gasteiger partial charge in [-0.25, -0.2) is 4.68 Å². The fourth-order valence-corrected chi connectivity index (χ4v) is 3.38. The van der Waals surface area contributed by atoms with Crippen molar-refractivity contribution in [1.29, 1.82) is 0 Å². The molecule has 7 nitrogen and oxygen atoms in total. The number of hydrogen-bond donors (Lipinski definition) is 1. The van der Waals surface area contributed by atoms with Crippen molar-refractivity contribution in [3.63, 3.8) is 0 Å². The van der Waals surface area contributed by atoms with Gasteiger partial charge in [-0.15, -0.1) is 5.10 Å². The van der Waals surface area contributed by atoms with Crippen molar-refractivity contribution in [2.45, 2.75) is 13.8 Å². The van der Waals surface area contributed by atoms with Crippen LogP contribution in [0.5, 0.6) is 0 Å². The lowest BCUT2D eigenvalue weighted by atomic mass is 10.1. The van der Waals surface area contributed by atoms with Crippen LogP contribution in [-0.4, -0.2) is 30.3 Å². The summed E-state index contributed by atoms with van der Waals surface area (Å²) in [4.78, 5) is 16.8. The largest absolute Gasteiger partial charge is 0.297 e. The Hall–Kier alpha value is -3.10. The van der Waals surface area contributed by atoms with E-state index in [2.05, 4.69) is 25.0 Å². The van der Waals surface area contributed by atoms with E-state index in [1.54, 1.807) is 22.9 Å². The quantitative estimate of drug-likeness (QED) is 0.541. The first-order valence-corrected chi connectivity index (χ1v) is 9.57. The molecule has 0 unspecified atom stereocenters. The van der Waals surface area contributed by atoms with Crippen LogP contribution in [0, 0.1) is 13.8 Å². The van der Waals surface area contributed by atoms with Gasteiger partial charge < -0.3 is 0 Å². The van der Waals surface area contributed by atoms with Crippen molar-refractivity contribution in [2.24, 2.45) is 0 Å². The van der Waals surface area contributed by atoms with Gasteiger partial charge in [0.05, 0.1) is 11.4 Å². The summed E-state index contributed by atoms with van der Waals surface area (Å²) < 4.78 is 6.00. The molecule has 4 aromatic rings. The highest BCUT2D eigenvalue weighted by molar-refractivity contribution is 7.10. The summed E-state index contributed by atoms with van der Waals surface area (Å²) >= 11 is 7.04. The first kappa shape index (κ1) is 18.3. The number of carbonyl (C=O) groups is 1. The molecule has 0 saturated carbocycles. The smallest absolute Gasteiger partial charge is 0.257 e. The maximum Gasteiger partial charge on any atom is 0.257 e. The van der Waals surface area contributed by atoms with Gasteiger partial charge in [0.15, 0.2) is 11.5 Å². The number of hydrogen-bond acceptors (Lipinski definition) is 6. The number of nitrogens with zero attached hydrogens (tertiary/aromatic N) is 5. The monoisotopic (exact) mass is 410 g/mol. The van der Waals surface area contributed by atoms with Crippen LogP contribution in [0.1, 0.15) is 21.6 Å². The van der Waals surface area contributed by atoms with Gasteiger partial charge in [-0.2, -0.15) is 9.36 Å². The molecule has 140 valence electrons. The normalized spacial score (nSPS) is 10.8. The van der Waals surface area contributed by atoms with Crippen LogP contribution < -0.4 is 5.32 Å². The van der Waals surface area contributed by atoms with Gasteiger partial charge in [0.25, 0.3) is 5.91 Å². The zero-order valence-corrected chi connectivity index (χ0v) is 16.6. The number of benzene rings is 2. The number of aryl methyl sites for hydroxylation is 1. The molecule has 0 aliphatic rings. The highest BCUT2D eigenvalue weighted by atomic mass is 35.5. The Bertz CT molecular complexity index is 1150. The molecule has 4 rings (SSSR count). The Morgan fingerprint density at radius 3 is 2.68 bits per heavy atom. The van der Waals surface area contributed by atoms with Gasteiger partial charge in [-0.1, -0.05) is 34.5 Å². The zero-order valence-electron chi connectivity index (χ0n) is 15.0. The fourth-order valence-electron chi connectivity index (χ4n) is 2.69. The summed E-state index contributed by atoms with van der Waals surface area (Å²) in [6.45, 7) is 3.82. The Kier molecular flexibility index (Phi) is 4.89. The molecule has 0 fully saturated rings. The average molecular weight is 411 g/mol. The Balaban J connectivity index is 1.56. The van der Waals surface area contributed by atoms with Crippen LogP contribution in [-0.2, 0) is 0 Å². The number of halogens is 1. The zero-order chi connectivity index (χ0) is 19.7. The number of nitrogens with one attached hydrogen (secondary N) is 1. The third-order valence-corrected chi connectivity index (χ3v) is 4.99. The van der Waals surface area contributed by atoms with Gasteiger partial charge in [0, 0.05) is 22.1 Å². The lowest BCUT2D eigenvalue weighted by Crippen LogP contribution is -2.11. The summed E-state index contributed by atoms with van der Waals surface area (Å²) in [5.41, 5.74) is 3.77. The molecular weight excluding hydrogens is 396 g/mol. The summed E-state index contributed by atoms with van der Waals surface area (Å²) in [6.07, 6.45) is 0. The molecule has 1 amide bonds. The second-order valence-corrected chi connectivity index (χ2v) is 7.35.